The molecule has 0 saturated carbocycles. The van der Waals surface area contributed by atoms with Crippen molar-refractivity contribution in [1.82, 2.24) is 10.1 Å². The van der Waals surface area contributed by atoms with Crippen LogP contribution in [0.3, 0.4) is 0 Å². The number of thiophene rings is 1. The second-order valence-corrected chi connectivity index (χ2v) is 4.02. The molecule has 0 amide bonds. The molecular formula is C10H13N3O2S. The molecule has 0 aliphatic carbocycles. The maximum Gasteiger partial charge on any atom is 0.258 e. The number of hydrogen-bond acceptors (Lipinski definition) is 6. The summed E-state index contributed by atoms with van der Waals surface area (Å²) in [6.45, 7) is 2.95. The van der Waals surface area contributed by atoms with Gasteiger partial charge in [0.1, 0.15) is 0 Å². The van der Waals surface area contributed by atoms with Gasteiger partial charge in [0.2, 0.25) is 0 Å². The first-order valence-electron chi connectivity index (χ1n) is 5.00. The fourth-order valence-corrected chi connectivity index (χ4v) is 1.84. The van der Waals surface area contributed by atoms with Crippen molar-refractivity contribution in [2.24, 2.45) is 5.73 Å². The molecule has 1 unspecified atom stereocenters. The van der Waals surface area contributed by atoms with E-state index in [1.54, 1.807) is 11.3 Å². The summed E-state index contributed by atoms with van der Waals surface area (Å²) in [5, 5.41) is 7.75. The summed E-state index contributed by atoms with van der Waals surface area (Å²) in [6.07, 6.45) is 0. The molecule has 0 bridgehead atoms. The Hall–Kier alpha value is -1.24. The lowest BCUT2D eigenvalue weighted by molar-refractivity contribution is 0.130. The third-order valence-electron chi connectivity index (χ3n) is 2.04. The van der Waals surface area contributed by atoms with Gasteiger partial charge in [-0.1, -0.05) is 5.16 Å². The molecule has 0 radical (unpaired) electrons. The maximum absolute atomic E-state index is 5.84. The second-order valence-electron chi connectivity index (χ2n) is 3.24. The highest BCUT2D eigenvalue weighted by atomic mass is 32.1. The van der Waals surface area contributed by atoms with E-state index in [0.717, 1.165) is 5.56 Å². The summed E-state index contributed by atoms with van der Waals surface area (Å²) in [5.41, 5.74) is 6.76. The van der Waals surface area contributed by atoms with Gasteiger partial charge in [0.05, 0.1) is 18.2 Å². The monoisotopic (exact) mass is 239 g/mol. The second kappa shape index (κ2) is 5.20. The van der Waals surface area contributed by atoms with Gasteiger partial charge < -0.3 is 15.0 Å². The van der Waals surface area contributed by atoms with E-state index in [1.807, 2.05) is 23.8 Å². The van der Waals surface area contributed by atoms with E-state index >= 15 is 0 Å². The predicted molar refractivity (Wildman–Crippen MR) is 61.0 cm³/mol. The lowest BCUT2D eigenvalue weighted by atomic mass is 10.3. The van der Waals surface area contributed by atoms with Crippen LogP contribution in [0.1, 0.15) is 18.8 Å². The summed E-state index contributed by atoms with van der Waals surface area (Å²) in [5.74, 6) is 0.984. The van der Waals surface area contributed by atoms with Gasteiger partial charge in [-0.2, -0.15) is 16.3 Å². The van der Waals surface area contributed by atoms with Crippen molar-refractivity contribution in [3.8, 4) is 11.5 Å². The molecule has 0 spiro atoms. The highest BCUT2D eigenvalue weighted by Crippen LogP contribution is 2.21. The molecule has 2 heterocycles. The standard InChI is InChI=1S/C10H13N3O2S/c1-2-14-5-8(11)9-12-10(15-13-9)7-3-4-16-6-7/h3-4,6,8H,2,5,11H2,1H3. The smallest absolute Gasteiger partial charge is 0.258 e. The number of nitrogens with zero attached hydrogens (tertiary/aromatic N) is 2. The highest BCUT2D eigenvalue weighted by Gasteiger charge is 2.15. The van der Waals surface area contributed by atoms with Crippen LogP contribution >= 0.6 is 11.3 Å². The SMILES string of the molecule is CCOCC(N)c1noc(-c2ccsc2)n1. The maximum atomic E-state index is 5.84. The van der Waals surface area contributed by atoms with Gasteiger partial charge >= 0.3 is 0 Å². The molecule has 0 saturated heterocycles. The quantitative estimate of drug-likeness (QED) is 0.861. The Kier molecular flexibility index (Phi) is 3.66. The Morgan fingerprint density at radius 3 is 3.19 bits per heavy atom. The van der Waals surface area contributed by atoms with Gasteiger partial charge in [-0.3, -0.25) is 0 Å². The van der Waals surface area contributed by atoms with Crippen LogP contribution < -0.4 is 5.73 Å². The van der Waals surface area contributed by atoms with Crippen molar-refractivity contribution in [3.05, 3.63) is 22.7 Å². The molecule has 5 nitrogen and oxygen atoms in total. The van der Waals surface area contributed by atoms with Crippen molar-refractivity contribution in [1.29, 1.82) is 0 Å². The minimum atomic E-state index is -0.337. The van der Waals surface area contributed by atoms with E-state index in [0.29, 0.717) is 24.9 Å². The van der Waals surface area contributed by atoms with Gasteiger partial charge in [-0.15, -0.1) is 0 Å². The molecule has 2 aromatic heterocycles. The molecule has 2 N–H and O–H groups in total. The molecule has 6 heteroatoms. The Morgan fingerprint density at radius 1 is 1.62 bits per heavy atom. The van der Waals surface area contributed by atoms with Crippen LogP contribution in [0.2, 0.25) is 0 Å². The normalized spacial score (nSPS) is 12.9. The van der Waals surface area contributed by atoms with E-state index in [9.17, 15) is 0 Å². The Morgan fingerprint density at radius 2 is 2.50 bits per heavy atom. The first kappa shape index (κ1) is 11.3. The topological polar surface area (TPSA) is 74.2 Å². The average molecular weight is 239 g/mol. The van der Waals surface area contributed by atoms with Crippen LogP contribution in [-0.2, 0) is 4.74 Å². The molecule has 2 rings (SSSR count). The third kappa shape index (κ3) is 2.46. The van der Waals surface area contributed by atoms with Gasteiger partial charge in [-0.05, 0) is 18.4 Å². The summed E-state index contributed by atoms with van der Waals surface area (Å²) < 4.78 is 10.3. The number of hydrogen-bond donors (Lipinski definition) is 1. The fraction of sp³-hybridized carbons (Fsp3) is 0.400. The summed E-state index contributed by atoms with van der Waals surface area (Å²) in [7, 11) is 0. The molecule has 0 aromatic carbocycles. The first-order chi connectivity index (χ1) is 7.81. The Balaban J connectivity index is 2.07. The zero-order valence-corrected chi connectivity index (χ0v) is 9.74. The van der Waals surface area contributed by atoms with E-state index < -0.39 is 0 Å². The van der Waals surface area contributed by atoms with Gasteiger partial charge in [0.25, 0.3) is 5.89 Å². The van der Waals surface area contributed by atoms with E-state index in [-0.39, 0.29) is 6.04 Å². The number of nitrogens with two attached hydrogens (primary N) is 1. The molecule has 86 valence electrons. The highest BCUT2D eigenvalue weighted by molar-refractivity contribution is 7.08. The van der Waals surface area contributed by atoms with Crippen molar-refractivity contribution in [2.75, 3.05) is 13.2 Å². The van der Waals surface area contributed by atoms with Crippen molar-refractivity contribution in [3.63, 3.8) is 0 Å². The van der Waals surface area contributed by atoms with Crippen LogP contribution in [-0.4, -0.2) is 23.4 Å². The molecule has 16 heavy (non-hydrogen) atoms. The molecular weight excluding hydrogens is 226 g/mol. The van der Waals surface area contributed by atoms with Crippen molar-refractivity contribution >= 4 is 11.3 Å². The zero-order chi connectivity index (χ0) is 11.4. The van der Waals surface area contributed by atoms with Crippen LogP contribution in [0.15, 0.2) is 21.3 Å². The number of ether oxygens (including phenoxy) is 1. The molecule has 0 aliphatic heterocycles. The lowest BCUT2D eigenvalue weighted by Crippen LogP contribution is -2.18. The van der Waals surface area contributed by atoms with Crippen LogP contribution in [0, 0.1) is 0 Å². The number of aromatic nitrogens is 2. The number of rotatable bonds is 5. The summed E-state index contributed by atoms with van der Waals surface area (Å²) in [4.78, 5) is 4.23. The molecule has 2 aromatic rings. The zero-order valence-electron chi connectivity index (χ0n) is 8.92. The van der Waals surface area contributed by atoms with Gasteiger partial charge in [0, 0.05) is 12.0 Å². The Bertz CT molecular complexity index is 427. The summed E-state index contributed by atoms with van der Waals surface area (Å²) >= 11 is 1.58. The van der Waals surface area contributed by atoms with Crippen molar-refractivity contribution < 1.29 is 9.26 Å². The van der Waals surface area contributed by atoms with Crippen molar-refractivity contribution in [2.45, 2.75) is 13.0 Å². The van der Waals surface area contributed by atoms with Crippen LogP contribution in [0.25, 0.3) is 11.5 Å². The third-order valence-corrected chi connectivity index (χ3v) is 2.73. The van der Waals surface area contributed by atoms with Gasteiger partial charge in [0.15, 0.2) is 5.82 Å². The first-order valence-corrected chi connectivity index (χ1v) is 5.95. The lowest BCUT2D eigenvalue weighted by Gasteiger charge is -2.05. The Labute approximate surface area is 97.2 Å². The summed E-state index contributed by atoms with van der Waals surface area (Å²) in [6, 6.07) is 1.59. The molecule has 0 aliphatic rings. The van der Waals surface area contributed by atoms with Crippen LogP contribution in [0.4, 0.5) is 0 Å². The van der Waals surface area contributed by atoms with Crippen LogP contribution in [0.5, 0.6) is 0 Å². The average Bonchev–Trinajstić information content (AvgIpc) is 2.94. The van der Waals surface area contributed by atoms with E-state index in [1.165, 1.54) is 0 Å². The minimum absolute atomic E-state index is 0.337. The molecule has 0 fully saturated rings. The molecule has 1 atom stereocenters. The fourth-order valence-electron chi connectivity index (χ4n) is 1.21. The van der Waals surface area contributed by atoms with E-state index in [2.05, 4.69) is 10.1 Å². The van der Waals surface area contributed by atoms with Gasteiger partial charge in [-0.25, -0.2) is 0 Å². The minimum Gasteiger partial charge on any atom is -0.380 e. The predicted octanol–water partition coefficient (Wildman–Crippen LogP) is 1.83. The largest absolute Gasteiger partial charge is 0.380 e. The van der Waals surface area contributed by atoms with E-state index in [4.69, 9.17) is 15.0 Å².